The number of carbonyl (C=O) groups excluding carboxylic acids is 1. The van der Waals surface area contributed by atoms with Crippen molar-refractivity contribution in [3.05, 3.63) is 83.6 Å². The highest BCUT2D eigenvalue weighted by atomic mass is 16.5. The number of aliphatic carboxylic acids is 1. The molecule has 5 rings (SSSR count). The van der Waals surface area contributed by atoms with E-state index in [1.54, 1.807) is 18.3 Å². The second-order valence-corrected chi connectivity index (χ2v) is 9.06. The van der Waals surface area contributed by atoms with E-state index < -0.39 is 18.1 Å². The fourth-order valence-corrected chi connectivity index (χ4v) is 5.05. The number of alkyl carbamates (subject to hydrolysis) is 1. The third-order valence-electron chi connectivity index (χ3n) is 6.79. The van der Waals surface area contributed by atoms with Crippen LogP contribution in [0.3, 0.4) is 0 Å². The smallest absolute Gasteiger partial charge is 0.407 e. The maximum Gasteiger partial charge on any atom is 0.407 e. The van der Waals surface area contributed by atoms with Gasteiger partial charge < -0.3 is 19.9 Å². The SMILES string of the molecule is O=C(NC(Cc1cccnc1OC1CCCC1)C(=O)O)OCC1c2ccccc2-c2ccccc21. The number of carbonyl (C=O) groups is 2. The van der Waals surface area contributed by atoms with Crippen molar-refractivity contribution in [3.63, 3.8) is 0 Å². The first-order valence-corrected chi connectivity index (χ1v) is 12.0. The van der Waals surface area contributed by atoms with Crippen molar-refractivity contribution in [2.45, 2.75) is 50.2 Å². The lowest BCUT2D eigenvalue weighted by Crippen LogP contribution is -2.43. The predicted octanol–water partition coefficient (Wildman–Crippen LogP) is 4.94. The molecule has 0 aliphatic heterocycles. The summed E-state index contributed by atoms with van der Waals surface area (Å²) >= 11 is 0. The molecule has 3 aromatic rings. The number of carboxylic acid groups (broad SMARTS) is 1. The summed E-state index contributed by atoms with van der Waals surface area (Å²) < 4.78 is 11.6. The molecule has 0 spiro atoms. The fourth-order valence-electron chi connectivity index (χ4n) is 5.05. The van der Waals surface area contributed by atoms with Crippen LogP contribution in [0, 0.1) is 0 Å². The summed E-state index contributed by atoms with van der Waals surface area (Å²) in [5.41, 5.74) is 5.10. The first-order valence-electron chi connectivity index (χ1n) is 12.0. The Balaban J connectivity index is 1.24. The highest BCUT2D eigenvalue weighted by molar-refractivity contribution is 5.81. The molecule has 2 aliphatic carbocycles. The molecule has 7 heteroatoms. The van der Waals surface area contributed by atoms with Gasteiger partial charge in [-0.1, -0.05) is 54.6 Å². The van der Waals surface area contributed by atoms with E-state index in [1.807, 2.05) is 36.4 Å². The zero-order valence-electron chi connectivity index (χ0n) is 19.4. The van der Waals surface area contributed by atoms with Crippen LogP contribution < -0.4 is 10.1 Å². The summed E-state index contributed by atoms with van der Waals surface area (Å²) in [6, 6.07) is 18.5. The number of carboxylic acids is 1. The minimum atomic E-state index is -1.17. The van der Waals surface area contributed by atoms with Crippen LogP contribution in [0.15, 0.2) is 66.9 Å². The minimum Gasteiger partial charge on any atom is -0.480 e. The average Bonchev–Trinajstić information content (AvgIpc) is 3.49. The van der Waals surface area contributed by atoms with E-state index in [2.05, 4.69) is 22.4 Å². The van der Waals surface area contributed by atoms with Crippen molar-refractivity contribution in [1.82, 2.24) is 10.3 Å². The number of ether oxygens (including phenoxy) is 2. The van der Waals surface area contributed by atoms with E-state index in [0.717, 1.165) is 47.9 Å². The molecule has 1 amide bonds. The van der Waals surface area contributed by atoms with E-state index in [1.165, 1.54) is 0 Å². The largest absolute Gasteiger partial charge is 0.480 e. The molecule has 0 bridgehead atoms. The number of hydrogen-bond donors (Lipinski definition) is 2. The molecule has 1 aromatic heterocycles. The quantitative estimate of drug-likeness (QED) is 0.482. The molecule has 180 valence electrons. The van der Waals surface area contributed by atoms with E-state index in [9.17, 15) is 14.7 Å². The van der Waals surface area contributed by atoms with Crippen LogP contribution in [0.2, 0.25) is 0 Å². The Labute approximate surface area is 204 Å². The maximum atomic E-state index is 12.6. The van der Waals surface area contributed by atoms with Gasteiger partial charge in [0.1, 0.15) is 18.8 Å². The summed E-state index contributed by atoms with van der Waals surface area (Å²) in [7, 11) is 0. The van der Waals surface area contributed by atoms with Crippen molar-refractivity contribution in [2.24, 2.45) is 0 Å². The van der Waals surface area contributed by atoms with Crippen molar-refractivity contribution in [3.8, 4) is 17.0 Å². The van der Waals surface area contributed by atoms with Crippen LogP contribution in [0.25, 0.3) is 11.1 Å². The first kappa shape index (κ1) is 22.9. The lowest BCUT2D eigenvalue weighted by molar-refractivity contribution is -0.139. The molecule has 1 atom stereocenters. The molecule has 2 N–H and O–H groups in total. The zero-order chi connectivity index (χ0) is 24.2. The van der Waals surface area contributed by atoms with E-state index >= 15 is 0 Å². The fraction of sp³-hybridized carbons (Fsp3) is 0.321. The van der Waals surface area contributed by atoms with E-state index in [0.29, 0.717) is 11.4 Å². The van der Waals surface area contributed by atoms with Crippen molar-refractivity contribution < 1.29 is 24.2 Å². The van der Waals surface area contributed by atoms with Crippen LogP contribution in [-0.4, -0.2) is 40.9 Å². The van der Waals surface area contributed by atoms with Gasteiger partial charge in [-0.05, 0) is 54.0 Å². The van der Waals surface area contributed by atoms with Gasteiger partial charge in [0.05, 0.1) is 0 Å². The van der Waals surface area contributed by atoms with Crippen LogP contribution in [0.4, 0.5) is 4.79 Å². The summed E-state index contributed by atoms with van der Waals surface area (Å²) in [6.07, 6.45) is 5.19. The molecule has 2 aliphatic rings. The van der Waals surface area contributed by atoms with Gasteiger partial charge in [-0.15, -0.1) is 0 Å². The van der Waals surface area contributed by atoms with Crippen LogP contribution in [0.1, 0.15) is 48.3 Å². The second kappa shape index (κ2) is 10.2. The zero-order valence-corrected chi connectivity index (χ0v) is 19.4. The van der Waals surface area contributed by atoms with Gasteiger partial charge >= 0.3 is 12.1 Å². The first-order chi connectivity index (χ1) is 17.1. The van der Waals surface area contributed by atoms with Gasteiger partial charge in [0, 0.05) is 24.1 Å². The van der Waals surface area contributed by atoms with Crippen LogP contribution >= 0.6 is 0 Å². The van der Waals surface area contributed by atoms with Gasteiger partial charge in [0.2, 0.25) is 5.88 Å². The third-order valence-corrected chi connectivity index (χ3v) is 6.79. The average molecular weight is 473 g/mol. The molecule has 0 radical (unpaired) electrons. The molecule has 7 nitrogen and oxygen atoms in total. The topological polar surface area (TPSA) is 97.8 Å². The molecule has 0 saturated heterocycles. The Kier molecular flexibility index (Phi) is 6.66. The third kappa shape index (κ3) is 4.99. The molecule has 35 heavy (non-hydrogen) atoms. The normalized spacial score (nSPS) is 15.8. The van der Waals surface area contributed by atoms with Crippen molar-refractivity contribution in [2.75, 3.05) is 6.61 Å². The summed E-state index contributed by atoms with van der Waals surface area (Å²) in [6.45, 7) is 0.120. The molecule has 2 aromatic carbocycles. The Morgan fingerprint density at radius 2 is 1.63 bits per heavy atom. The second-order valence-electron chi connectivity index (χ2n) is 9.06. The number of nitrogens with zero attached hydrogens (tertiary/aromatic N) is 1. The number of hydrogen-bond acceptors (Lipinski definition) is 5. The molecule has 1 saturated carbocycles. The standard InChI is InChI=1S/C28H28N2O5/c31-27(32)25(16-18-8-7-15-29-26(18)35-19-9-1-2-10-19)30-28(33)34-17-24-22-13-5-3-11-20(22)21-12-4-6-14-23(21)24/h3-8,11-15,19,24-25H,1-2,9-10,16-17H2,(H,30,33)(H,31,32). The lowest BCUT2D eigenvalue weighted by atomic mass is 9.98. The maximum absolute atomic E-state index is 12.6. The number of aromatic nitrogens is 1. The molecule has 1 fully saturated rings. The lowest BCUT2D eigenvalue weighted by Gasteiger charge is -2.19. The molecular weight excluding hydrogens is 444 g/mol. The van der Waals surface area contributed by atoms with Gasteiger partial charge in [-0.3, -0.25) is 0 Å². The number of pyridine rings is 1. The summed E-state index contributed by atoms with van der Waals surface area (Å²) in [5, 5.41) is 12.3. The monoisotopic (exact) mass is 472 g/mol. The number of amides is 1. The Bertz CT molecular complexity index is 1180. The van der Waals surface area contributed by atoms with Crippen LogP contribution in [0.5, 0.6) is 5.88 Å². The van der Waals surface area contributed by atoms with Gasteiger partial charge in [-0.2, -0.15) is 0 Å². The highest BCUT2D eigenvalue weighted by Gasteiger charge is 2.30. The van der Waals surface area contributed by atoms with Gasteiger partial charge in [0.25, 0.3) is 0 Å². The number of rotatable bonds is 8. The Morgan fingerprint density at radius 1 is 0.971 bits per heavy atom. The molecule has 1 unspecified atom stereocenters. The number of fused-ring (bicyclic) bond motifs is 3. The Morgan fingerprint density at radius 3 is 2.29 bits per heavy atom. The highest BCUT2D eigenvalue weighted by Crippen LogP contribution is 2.44. The van der Waals surface area contributed by atoms with E-state index in [4.69, 9.17) is 9.47 Å². The minimum absolute atomic E-state index is 0.0510. The molecule has 1 heterocycles. The van der Waals surface area contributed by atoms with Gasteiger partial charge in [0.15, 0.2) is 0 Å². The summed E-state index contributed by atoms with van der Waals surface area (Å²) in [5.74, 6) is -0.810. The van der Waals surface area contributed by atoms with E-state index in [-0.39, 0.29) is 25.0 Å². The Hall–Kier alpha value is -3.87. The number of nitrogens with one attached hydrogen (secondary N) is 1. The van der Waals surface area contributed by atoms with Crippen molar-refractivity contribution >= 4 is 12.1 Å². The van der Waals surface area contributed by atoms with Gasteiger partial charge in [-0.25, -0.2) is 14.6 Å². The summed E-state index contributed by atoms with van der Waals surface area (Å²) in [4.78, 5) is 28.9. The number of benzene rings is 2. The van der Waals surface area contributed by atoms with Crippen molar-refractivity contribution in [1.29, 1.82) is 0 Å². The predicted molar refractivity (Wildman–Crippen MR) is 130 cm³/mol. The van der Waals surface area contributed by atoms with Crippen LogP contribution in [-0.2, 0) is 16.0 Å². The molecular formula is C28H28N2O5.